The predicted molar refractivity (Wildman–Crippen MR) is 68.2 cm³/mol. The van der Waals surface area contributed by atoms with Crippen LogP contribution < -0.4 is 4.90 Å². The average Bonchev–Trinajstić information content (AvgIpc) is 2.40. The van der Waals surface area contributed by atoms with Crippen molar-refractivity contribution in [3.8, 4) is 0 Å². The Morgan fingerprint density at radius 2 is 1.94 bits per heavy atom. The molecule has 0 spiro atoms. The van der Waals surface area contributed by atoms with Crippen LogP contribution in [0.25, 0.3) is 0 Å². The van der Waals surface area contributed by atoms with Crippen molar-refractivity contribution < 1.29 is 13.5 Å². The van der Waals surface area contributed by atoms with Gasteiger partial charge in [-0.05, 0) is 19.2 Å². The van der Waals surface area contributed by atoms with Gasteiger partial charge in [-0.2, -0.15) is 0 Å². The largest absolute Gasteiger partial charge is 0.380 e. The minimum absolute atomic E-state index is 0.0582. The first-order valence-corrected chi connectivity index (χ1v) is 7.41. The Hall–Kier alpha value is -1.18. The second kappa shape index (κ2) is 5.21. The number of hydrogen-bond donors (Lipinski definition) is 1. The molecule has 0 aromatic carbocycles. The Morgan fingerprint density at radius 1 is 1.28 bits per heavy atom. The minimum atomic E-state index is -3.59. The lowest BCUT2D eigenvalue weighted by molar-refractivity contribution is 0.312. The van der Waals surface area contributed by atoms with Crippen molar-refractivity contribution in [3.63, 3.8) is 0 Å². The van der Waals surface area contributed by atoms with Gasteiger partial charge >= 0.3 is 0 Å². The van der Waals surface area contributed by atoms with E-state index in [0.29, 0.717) is 0 Å². The topological polar surface area (TPSA) is 73.7 Å². The standard InChI is InChI=1S/C11H17N3O3S/c1-13-4-6-14(7-5-13)11-3-2-10(8-12-11)18(16,17)9-15/h2-3,8,15H,4-7,9H2,1H3. The molecule has 0 unspecified atom stereocenters. The second-order valence-corrected chi connectivity index (χ2v) is 6.35. The van der Waals surface area contributed by atoms with Crippen molar-refractivity contribution in [3.05, 3.63) is 18.3 Å². The number of likely N-dealkylation sites (N-methyl/N-ethyl adjacent to an activating group) is 1. The highest BCUT2D eigenvalue weighted by atomic mass is 32.2. The second-order valence-electron chi connectivity index (χ2n) is 4.39. The fourth-order valence-electron chi connectivity index (χ4n) is 1.85. The van der Waals surface area contributed by atoms with Gasteiger partial charge < -0.3 is 14.9 Å². The van der Waals surface area contributed by atoms with Gasteiger partial charge in [0.2, 0.25) is 9.84 Å². The van der Waals surface area contributed by atoms with Gasteiger partial charge in [0.15, 0.2) is 0 Å². The molecular weight excluding hydrogens is 254 g/mol. The van der Waals surface area contributed by atoms with Crippen LogP contribution in [-0.2, 0) is 9.84 Å². The quantitative estimate of drug-likeness (QED) is 0.803. The maximum absolute atomic E-state index is 11.4. The minimum Gasteiger partial charge on any atom is -0.380 e. The molecule has 1 aliphatic heterocycles. The van der Waals surface area contributed by atoms with E-state index in [1.165, 1.54) is 12.3 Å². The normalized spacial score (nSPS) is 18.0. The van der Waals surface area contributed by atoms with Crippen LogP contribution in [0.4, 0.5) is 5.82 Å². The third kappa shape index (κ3) is 2.80. The first-order valence-electron chi connectivity index (χ1n) is 5.76. The molecule has 0 bridgehead atoms. The summed E-state index contributed by atoms with van der Waals surface area (Å²) >= 11 is 0. The maximum atomic E-state index is 11.4. The molecule has 2 heterocycles. The smallest absolute Gasteiger partial charge is 0.203 e. The summed E-state index contributed by atoms with van der Waals surface area (Å²) in [4.78, 5) is 8.57. The number of sulfone groups is 1. The van der Waals surface area contributed by atoms with Gasteiger partial charge in [-0.15, -0.1) is 0 Å². The molecular formula is C11H17N3O3S. The summed E-state index contributed by atoms with van der Waals surface area (Å²) in [6.07, 6.45) is 1.30. The summed E-state index contributed by atoms with van der Waals surface area (Å²) in [6.45, 7) is 3.71. The van der Waals surface area contributed by atoms with Crippen LogP contribution in [0.3, 0.4) is 0 Å². The van der Waals surface area contributed by atoms with Crippen LogP contribution in [0.5, 0.6) is 0 Å². The fraction of sp³-hybridized carbons (Fsp3) is 0.545. The van der Waals surface area contributed by atoms with Gasteiger partial charge in [-0.25, -0.2) is 13.4 Å². The number of anilines is 1. The van der Waals surface area contributed by atoms with Crippen molar-refractivity contribution in [2.45, 2.75) is 4.90 Å². The van der Waals surface area contributed by atoms with E-state index < -0.39 is 15.8 Å². The Labute approximate surface area is 107 Å². The van der Waals surface area contributed by atoms with Crippen LogP contribution in [0, 0.1) is 0 Å². The molecule has 0 amide bonds. The highest BCUT2D eigenvalue weighted by Crippen LogP contribution is 2.16. The van der Waals surface area contributed by atoms with Crippen molar-refractivity contribution in [2.75, 3.05) is 44.1 Å². The summed E-state index contributed by atoms with van der Waals surface area (Å²) in [5.41, 5.74) is 0. The third-order valence-electron chi connectivity index (χ3n) is 3.08. The van der Waals surface area contributed by atoms with E-state index in [0.717, 1.165) is 32.0 Å². The molecule has 1 aliphatic rings. The molecule has 0 saturated carbocycles. The summed E-state index contributed by atoms with van der Waals surface area (Å²) in [5.74, 6) is -0.109. The number of hydrogen-bond acceptors (Lipinski definition) is 6. The van der Waals surface area contributed by atoms with E-state index in [-0.39, 0.29) is 4.90 Å². The number of aliphatic hydroxyl groups is 1. The summed E-state index contributed by atoms with van der Waals surface area (Å²) in [6, 6.07) is 3.18. The predicted octanol–water partition coefficient (Wildman–Crippen LogP) is -0.443. The van der Waals surface area contributed by atoms with Crippen LogP contribution in [0.1, 0.15) is 0 Å². The molecule has 100 valence electrons. The molecule has 0 radical (unpaired) electrons. The van der Waals surface area contributed by atoms with E-state index >= 15 is 0 Å². The molecule has 7 heteroatoms. The molecule has 1 fully saturated rings. The van der Waals surface area contributed by atoms with E-state index in [1.807, 2.05) is 0 Å². The zero-order chi connectivity index (χ0) is 13.2. The molecule has 18 heavy (non-hydrogen) atoms. The number of aliphatic hydroxyl groups excluding tert-OH is 1. The molecule has 6 nitrogen and oxygen atoms in total. The number of aromatic nitrogens is 1. The monoisotopic (exact) mass is 271 g/mol. The molecule has 2 rings (SSSR count). The Balaban J connectivity index is 2.13. The fourth-order valence-corrected chi connectivity index (χ4v) is 2.49. The van der Waals surface area contributed by atoms with E-state index in [1.54, 1.807) is 6.07 Å². The van der Waals surface area contributed by atoms with Gasteiger partial charge in [-0.3, -0.25) is 0 Å². The van der Waals surface area contributed by atoms with Gasteiger partial charge in [-0.1, -0.05) is 0 Å². The summed E-state index contributed by atoms with van der Waals surface area (Å²) in [7, 11) is -1.52. The molecule has 0 aliphatic carbocycles. The van der Waals surface area contributed by atoms with Crippen molar-refractivity contribution in [1.82, 2.24) is 9.88 Å². The highest BCUT2D eigenvalue weighted by Gasteiger charge is 2.17. The zero-order valence-corrected chi connectivity index (χ0v) is 11.1. The molecule has 1 saturated heterocycles. The lowest BCUT2D eigenvalue weighted by Crippen LogP contribution is -2.44. The lowest BCUT2D eigenvalue weighted by atomic mass is 10.3. The van der Waals surface area contributed by atoms with Gasteiger partial charge in [0, 0.05) is 32.4 Å². The first-order chi connectivity index (χ1) is 8.53. The number of rotatable bonds is 3. The average molecular weight is 271 g/mol. The summed E-state index contributed by atoms with van der Waals surface area (Å²) < 4.78 is 22.8. The van der Waals surface area contributed by atoms with E-state index in [4.69, 9.17) is 5.11 Å². The number of nitrogens with zero attached hydrogens (tertiary/aromatic N) is 3. The first kappa shape index (κ1) is 13.3. The Bertz CT molecular complexity index is 493. The maximum Gasteiger partial charge on any atom is 0.203 e. The Morgan fingerprint density at radius 3 is 2.44 bits per heavy atom. The summed E-state index contributed by atoms with van der Waals surface area (Å²) in [5, 5.41) is 8.76. The van der Waals surface area contributed by atoms with Crippen LogP contribution in [0.15, 0.2) is 23.2 Å². The van der Waals surface area contributed by atoms with Crippen LogP contribution in [0.2, 0.25) is 0 Å². The van der Waals surface area contributed by atoms with Gasteiger partial charge in [0.05, 0.1) is 4.90 Å². The third-order valence-corrected chi connectivity index (χ3v) is 4.38. The van der Waals surface area contributed by atoms with Crippen LogP contribution in [-0.4, -0.2) is 62.6 Å². The molecule has 0 atom stereocenters. The van der Waals surface area contributed by atoms with Crippen LogP contribution >= 0.6 is 0 Å². The lowest BCUT2D eigenvalue weighted by Gasteiger charge is -2.33. The Kier molecular flexibility index (Phi) is 3.84. The number of piperazine rings is 1. The SMILES string of the molecule is CN1CCN(c2ccc(S(=O)(=O)CO)cn2)CC1. The molecule has 1 N–H and O–H groups in total. The molecule has 1 aromatic heterocycles. The van der Waals surface area contributed by atoms with E-state index in [2.05, 4.69) is 21.8 Å². The van der Waals surface area contributed by atoms with Gasteiger partial charge in [0.1, 0.15) is 11.8 Å². The number of pyridine rings is 1. The van der Waals surface area contributed by atoms with Gasteiger partial charge in [0.25, 0.3) is 0 Å². The highest BCUT2D eigenvalue weighted by molar-refractivity contribution is 7.91. The van der Waals surface area contributed by atoms with E-state index in [9.17, 15) is 8.42 Å². The molecule has 1 aromatic rings. The van der Waals surface area contributed by atoms with Crippen molar-refractivity contribution in [1.29, 1.82) is 0 Å². The van der Waals surface area contributed by atoms with Crippen molar-refractivity contribution in [2.24, 2.45) is 0 Å². The van der Waals surface area contributed by atoms with Crippen molar-refractivity contribution >= 4 is 15.7 Å². The zero-order valence-electron chi connectivity index (χ0n) is 10.3.